The van der Waals surface area contributed by atoms with Crippen molar-refractivity contribution < 1.29 is 4.74 Å². The first kappa shape index (κ1) is 21.8. The Morgan fingerprint density at radius 2 is 1.97 bits per heavy atom. The maximum absolute atomic E-state index is 6.36. The number of nitrogens with one attached hydrogen (secondary N) is 2. The van der Waals surface area contributed by atoms with E-state index >= 15 is 0 Å². The summed E-state index contributed by atoms with van der Waals surface area (Å²) in [5, 5.41) is 1.28. The molecule has 3 aliphatic heterocycles. The lowest BCUT2D eigenvalue weighted by atomic mass is 10.1. The second-order valence-electron chi connectivity index (χ2n) is 7.45. The average Bonchev–Trinajstić information content (AvgIpc) is 3.22. The normalized spacial score (nSPS) is 22.6. The molecule has 6 N–H and O–H groups in total. The quantitative estimate of drug-likeness (QED) is 0.513. The van der Waals surface area contributed by atoms with Gasteiger partial charge in [0.05, 0.1) is 37.7 Å². The molecule has 31 heavy (non-hydrogen) atoms. The molecule has 0 radical (unpaired) electrons. The van der Waals surface area contributed by atoms with Crippen molar-refractivity contribution in [3.8, 4) is 0 Å². The van der Waals surface area contributed by atoms with Gasteiger partial charge in [-0.25, -0.2) is 4.99 Å². The summed E-state index contributed by atoms with van der Waals surface area (Å²) < 4.78 is 5.39. The molecule has 3 heterocycles. The number of hydrogen-bond donors (Lipinski definition) is 4. The largest absolute Gasteiger partial charge is 0.396 e. The summed E-state index contributed by atoms with van der Waals surface area (Å²) in [6, 6.07) is 5.42. The Morgan fingerprint density at radius 1 is 1.16 bits per heavy atom. The molecule has 0 atom stereocenters. The van der Waals surface area contributed by atoms with Gasteiger partial charge in [-0.3, -0.25) is 20.7 Å². The van der Waals surface area contributed by atoms with Crippen LogP contribution in [0.15, 0.2) is 51.5 Å². The summed E-state index contributed by atoms with van der Waals surface area (Å²) in [5.74, 6) is 1.79. The van der Waals surface area contributed by atoms with Gasteiger partial charge in [-0.2, -0.15) is 0 Å². The van der Waals surface area contributed by atoms with Gasteiger partial charge in [-0.1, -0.05) is 23.2 Å². The van der Waals surface area contributed by atoms with Gasteiger partial charge in [0.15, 0.2) is 5.82 Å². The van der Waals surface area contributed by atoms with Crippen LogP contribution in [-0.2, 0) is 11.3 Å². The third-order valence-electron chi connectivity index (χ3n) is 5.24. The number of morpholine rings is 1. The number of nitrogens with zero attached hydrogens (tertiary/aromatic N) is 4. The van der Waals surface area contributed by atoms with Crippen LogP contribution in [0.1, 0.15) is 5.56 Å². The molecule has 1 aromatic carbocycles. The number of benzene rings is 1. The van der Waals surface area contributed by atoms with Crippen LogP contribution in [0, 0.1) is 0 Å². The highest BCUT2D eigenvalue weighted by Crippen LogP contribution is 2.24. The van der Waals surface area contributed by atoms with E-state index in [1.54, 1.807) is 18.2 Å². The zero-order valence-electron chi connectivity index (χ0n) is 17.1. The molecule has 1 fully saturated rings. The summed E-state index contributed by atoms with van der Waals surface area (Å²) in [5.41, 5.74) is 20.8. The van der Waals surface area contributed by atoms with Crippen LogP contribution in [0.2, 0.25) is 10.0 Å². The Morgan fingerprint density at radius 3 is 2.77 bits per heavy atom. The van der Waals surface area contributed by atoms with Crippen LogP contribution in [0.5, 0.6) is 0 Å². The Bertz CT molecular complexity index is 952. The minimum absolute atomic E-state index is 0.427. The Labute approximate surface area is 191 Å². The monoisotopic (exact) mass is 464 g/mol. The van der Waals surface area contributed by atoms with Gasteiger partial charge in [0.25, 0.3) is 0 Å². The number of rotatable bonds is 5. The number of ether oxygens (including phenoxy) is 1. The van der Waals surface area contributed by atoms with E-state index < -0.39 is 0 Å². The number of hydrogen-bond acceptors (Lipinski definition) is 9. The zero-order valence-corrected chi connectivity index (χ0v) is 18.6. The summed E-state index contributed by atoms with van der Waals surface area (Å²) in [6.07, 6.45) is 1.79. The minimum atomic E-state index is 0.427. The highest BCUT2D eigenvalue weighted by molar-refractivity contribution is 6.33. The fourth-order valence-electron chi connectivity index (χ4n) is 3.57. The second kappa shape index (κ2) is 9.78. The average molecular weight is 465 g/mol. The standard InChI is InChI=1S/C20H26Cl2N8O/c21-14-1-2-15(22)13(9-14)11-30-4-3-25-19(24)17(30)10-16(23)20-26-18(27-28-20)12-29-5-7-31-8-6-29/h1-2,9-10,28H,3-8,11-12,23H2,(H2,24,25)(H,26,27). The van der Waals surface area contributed by atoms with Crippen LogP contribution in [-0.4, -0.2) is 67.4 Å². The molecule has 0 amide bonds. The van der Waals surface area contributed by atoms with E-state index in [0.29, 0.717) is 53.6 Å². The van der Waals surface area contributed by atoms with Crippen LogP contribution < -0.4 is 22.3 Å². The summed E-state index contributed by atoms with van der Waals surface area (Å²) in [7, 11) is 0. The van der Waals surface area contributed by atoms with E-state index in [9.17, 15) is 0 Å². The molecule has 1 saturated heterocycles. The van der Waals surface area contributed by atoms with E-state index in [4.69, 9.17) is 39.4 Å². The molecule has 0 aliphatic carbocycles. The predicted molar refractivity (Wildman–Crippen MR) is 124 cm³/mol. The summed E-state index contributed by atoms with van der Waals surface area (Å²) in [6.45, 7) is 5.77. The van der Waals surface area contributed by atoms with E-state index in [2.05, 4.69) is 30.6 Å². The molecule has 0 bridgehead atoms. The molecular formula is C20H26Cl2N8O. The molecular weight excluding hydrogens is 439 g/mol. The molecule has 0 unspecified atom stereocenters. The van der Waals surface area contributed by atoms with Gasteiger partial charge in [0.1, 0.15) is 11.7 Å². The van der Waals surface area contributed by atoms with Crippen LogP contribution in [0.3, 0.4) is 0 Å². The Balaban J connectivity index is 1.53. The third kappa shape index (κ3) is 5.43. The minimum Gasteiger partial charge on any atom is -0.396 e. The second-order valence-corrected chi connectivity index (χ2v) is 8.30. The van der Waals surface area contributed by atoms with Gasteiger partial charge >= 0.3 is 0 Å². The number of halogens is 2. The molecule has 11 heteroatoms. The van der Waals surface area contributed by atoms with Crippen LogP contribution >= 0.6 is 23.2 Å². The molecule has 4 rings (SSSR count). The lowest BCUT2D eigenvalue weighted by molar-refractivity contribution is 0.0450. The number of aliphatic imine (C=N–C) groups is 2. The molecule has 9 nitrogen and oxygen atoms in total. The fourth-order valence-corrected chi connectivity index (χ4v) is 3.95. The summed E-state index contributed by atoms with van der Waals surface area (Å²) in [4.78, 5) is 13.3. The number of hydrazine groups is 1. The molecule has 0 aromatic heterocycles. The maximum Gasteiger partial charge on any atom is 0.169 e. The predicted octanol–water partition coefficient (Wildman–Crippen LogP) is 1.02. The summed E-state index contributed by atoms with van der Waals surface area (Å²) >= 11 is 12.5. The first-order valence-electron chi connectivity index (χ1n) is 10.1. The van der Waals surface area contributed by atoms with Crippen molar-refractivity contribution in [2.75, 3.05) is 45.9 Å². The zero-order chi connectivity index (χ0) is 21.8. The number of nitrogens with two attached hydrogens (primary N) is 2. The van der Waals surface area contributed by atoms with Crippen molar-refractivity contribution in [1.82, 2.24) is 20.7 Å². The fraction of sp³-hybridized carbons (Fsp3) is 0.400. The molecule has 0 spiro atoms. The highest BCUT2D eigenvalue weighted by atomic mass is 35.5. The van der Waals surface area contributed by atoms with Crippen molar-refractivity contribution in [3.05, 3.63) is 57.1 Å². The third-order valence-corrected chi connectivity index (χ3v) is 5.84. The Hall–Kier alpha value is -2.46. The van der Waals surface area contributed by atoms with E-state index in [1.165, 1.54) is 0 Å². The van der Waals surface area contributed by atoms with Gasteiger partial charge in [-0.05, 0) is 29.8 Å². The van der Waals surface area contributed by atoms with Crippen molar-refractivity contribution in [2.24, 2.45) is 21.5 Å². The highest BCUT2D eigenvalue weighted by Gasteiger charge is 2.21. The van der Waals surface area contributed by atoms with E-state index in [0.717, 1.165) is 43.4 Å². The number of amidine groups is 2. The molecule has 3 aliphatic rings. The first-order valence-corrected chi connectivity index (χ1v) is 10.9. The topological polar surface area (TPSA) is 117 Å². The van der Waals surface area contributed by atoms with Gasteiger partial charge in [0.2, 0.25) is 0 Å². The van der Waals surface area contributed by atoms with Gasteiger partial charge < -0.3 is 21.1 Å². The van der Waals surface area contributed by atoms with Crippen molar-refractivity contribution in [1.29, 1.82) is 0 Å². The first-order chi connectivity index (χ1) is 15.0. The van der Waals surface area contributed by atoms with Gasteiger partial charge in [0, 0.05) is 36.2 Å². The van der Waals surface area contributed by atoms with Gasteiger partial charge in [-0.15, -0.1) is 0 Å². The smallest absolute Gasteiger partial charge is 0.169 e. The van der Waals surface area contributed by atoms with Crippen LogP contribution in [0.25, 0.3) is 0 Å². The van der Waals surface area contributed by atoms with E-state index in [-0.39, 0.29) is 0 Å². The maximum atomic E-state index is 6.36. The SMILES string of the molecule is NC1=NCCN(Cc2cc(Cl)ccc2Cl)C1=CC(N)=C1N=C(CN2CCOCC2)NN1. The van der Waals surface area contributed by atoms with Crippen LogP contribution in [0.4, 0.5) is 0 Å². The lowest BCUT2D eigenvalue weighted by Gasteiger charge is -2.30. The van der Waals surface area contributed by atoms with E-state index in [1.807, 2.05) is 6.07 Å². The number of allylic oxidation sites excluding steroid dienone is 1. The molecule has 166 valence electrons. The lowest BCUT2D eigenvalue weighted by Crippen LogP contribution is -2.43. The van der Waals surface area contributed by atoms with Crippen molar-refractivity contribution >= 4 is 34.9 Å². The molecule has 1 aromatic rings. The Kier molecular flexibility index (Phi) is 6.86. The van der Waals surface area contributed by atoms with Crippen molar-refractivity contribution in [2.45, 2.75) is 6.54 Å². The molecule has 0 saturated carbocycles. The van der Waals surface area contributed by atoms with Crippen molar-refractivity contribution in [3.63, 3.8) is 0 Å².